The van der Waals surface area contributed by atoms with Gasteiger partial charge < -0.3 is 15.2 Å². The first kappa shape index (κ1) is 17.4. The van der Waals surface area contributed by atoms with Gasteiger partial charge in [-0.15, -0.1) is 0 Å². The van der Waals surface area contributed by atoms with Gasteiger partial charge in [0.2, 0.25) is 0 Å². The molecule has 0 bridgehead atoms. The highest BCUT2D eigenvalue weighted by molar-refractivity contribution is 7.98. The number of urea groups is 1. The number of aromatic nitrogens is 2. The van der Waals surface area contributed by atoms with Crippen LogP contribution in [0.3, 0.4) is 0 Å². The first-order valence-corrected chi connectivity index (χ1v) is 9.13. The molecule has 0 aliphatic rings. The zero-order valence-corrected chi connectivity index (χ0v) is 14.5. The number of amides is 2. The van der Waals surface area contributed by atoms with Crippen molar-refractivity contribution in [2.45, 2.75) is 32.5 Å². The average Bonchev–Trinajstić information content (AvgIpc) is 3.05. The number of carbonyl (C=O) groups is 1. The Balaban J connectivity index is 1.74. The highest BCUT2D eigenvalue weighted by Gasteiger charge is 2.06. The van der Waals surface area contributed by atoms with Gasteiger partial charge in [-0.2, -0.15) is 11.8 Å². The van der Waals surface area contributed by atoms with Crippen molar-refractivity contribution in [1.82, 2.24) is 20.2 Å². The van der Waals surface area contributed by atoms with E-state index in [1.165, 1.54) is 5.56 Å². The Morgan fingerprint density at radius 1 is 1.30 bits per heavy atom. The lowest BCUT2D eigenvalue weighted by Gasteiger charge is -2.14. The zero-order valence-electron chi connectivity index (χ0n) is 13.7. The topological polar surface area (TPSA) is 59.0 Å². The SMILES string of the molecule is CSCC[C@H](C)NC(=O)NCc1ccc(Cn2ccnc2)cc1. The Hall–Kier alpha value is -1.95. The summed E-state index contributed by atoms with van der Waals surface area (Å²) < 4.78 is 2.02. The van der Waals surface area contributed by atoms with Crippen LogP contribution in [-0.2, 0) is 13.1 Å². The normalized spacial score (nSPS) is 11.9. The fraction of sp³-hybridized carbons (Fsp3) is 0.412. The smallest absolute Gasteiger partial charge is 0.315 e. The lowest BCUT2D eigenvalue weighted by Crippen LogP contribution is -2.40. The van der Waals surface area contributed by atoms with Crippen LogP contribution in [0.5, 0.6) is 0 Å². The number of benzene rings is 1. The third-order valence-corrected chi connectivity index (χ3v) is 4.18. The molecule has 0 unspecified atom stereocenters. The highest BCUT2D eigenvalue weighted by Crippen LogP contribution is 2.06. The molecule has 2 N–H and O–H groups in total. The number of nitrogens with one attached hydrogen (secondary N) is 2. The molecule has 0 aliphatic carbocycles. The molecular weight excluding hydrogens is 308 g/mol. The number of carbonyl (C=O) groups excluding carboxylic acids is 1. The van der Waals surface area contributed by atoms with Gasteiger partial charge in [-0.1, -0.05) is 24.3 Å². The van der Waals surface area contributed by atoms with Crippen molar-refractivity contribution >= 4 is 17.8 Å². The van der Waals surface area contributed by atoms with Crippen molar-refractivity contribution in [3.63, 3.8) is 0 Å². The van der Waals surface area contributed by atoms with Gasteiger partial charge >= 0.3 is 6.03 Å². The van der Waals surface area contributed by atoms with E-state index < -0.39 is 0 Å². The van der Waals surface area contributed by atoms with Crippen LogP contribution in [0.4, 0.5) is 4.79 Å². The summed E-state index contributed by atoms with van der Waals surface area (Å²) in [5, 5.41) is 5.85. The quantitative estimate of drug-likeness (QED) is 0.781. The molecule has 23 heavy (non-hydrogen) atoms. The van der Waals surface area contributed by atoms with Gasteiger partial charge in [0.15, 0.2) is 0 Å². The van der Waals surface area contributed by atoms with Crippen LogP contribution in [0.2, 0.25) is 0 Å². The van der Waals surface area contributed by atoms with Crippen LogP contribution >= 0.6 is 11.8 Å². The van der Waals surface area contributed by atoms with Gasteiger partial charge in [0.1, 0.15) is 0 Å². The summed E-state index contributed by atoms with van der Waals surface area (Å²) in [5.41, 5.74) is 2.30. The second kappa shape index (κ2) is 9.25. The minimum Gasteiger partial charge on any atom is -0.336 e. The van der Waals surface area contributed by atoms with Crippen molar-refractivity contribution in [3.05, 3.63) is 54.1 Å². The monoisotopic (exact) mass is 332 g/mol. The molecule has 1 aromatic heterocycles. The minimum absolute atomic E-state index is 0.110. The maximum absolute atomic E-state index is 11.8. The molecule has 1 heterocycles. The lowest BCUT2D eigenvalue weighted by molar-refractivity contribution is 0.237. The van der Waals surface area contributed by atoms with Gasteiger partial charge in [0.05, 0.1) is 6.33 Å². The summed E-state index contributed by atoms with van der Waals surface area (Å²) in [6, 6.07) is 8.33. The van der Waals surface area contributed by atoms with E-state index in [1.807, 2.05) is 29.8 Å². The molecule has 6 heteroatoms. The first-order valence-electron chi connectivity index (χ1n) is 7.74. The van der Waals surface area contributed by atoms with Gasteiger partial charge in [-0.3, -0.25) is 0 Å². The number of thioether (sulfide) groups is 1. The summed E-state index contributed by atoms with van der Waals surface area (Å²) >= 11 is 1.79. The second-order valence-electron chi connectivity index (χ2n) is 5.56. The fourth-order valence-electron chi connectivity index (χ4n) is 2.18. The Bertz CT molecular complexity index is 583. The van der Waals surface area contributed by atoms with Crippen molar-refractivity contribution in [3.8, 4) is 0 Å². The van der Waals surface area contributed by atoms with Crippen molar-refractivity contribution in [2.24, 2.45) is 0 Å². The van der Waals surface area contributed by atoms with Crippen LogP contribution in [0.25, 0.3) is 0 Å². The van der Waals surface area contributed by atoms with Crippen molar-refractivity contribution < 1.29 is 4.79 Å². The zero-order chi connectivity index (χ0) is 16.5. The molecule has 2 amide bonds. The van der Waals surface area contributed by atoms with Gasteiger partial charge in [-0.05, 0) is 36.5 Å². The average molecular weight is 332 g/mol. The lowest BCUT2D eigenvalue weighted by atomic mass is 10.1. The molecule has 0 aliphatic heterocycles. The Labute approximate surface area is 141 Å². The van der Waals surface area contributed by atoms with E-state index in [0.29, 0.717) is 6.54 Å². The highest BCUT2D eigenvalue weighted by atomic mass is 32.2. The van der Waals surface area contributed by atoms with Crippen LogP contribution in [-0.4, -0.2) is 33.6 Å². The standard InChI is InChI=1S/C17H24N4OS/c1-14(7-10-23-2)20-17(22)19-11-15-3-5-16(6-4-15)12-21-9-8-18-13-21/h3-6,8-9,13-14H,7,10-12H2,1-2H3,(H2,19,20,22)/t14-/m0/s1. The van der Waals surface area contributed by atoms with E-state index in [9.17, 15) is 4.79 Å². The summed E-state index contributed by atoms with van der Waals surface area (Å²) in [6.07, 6.45) is 8.58. The van der Waals surface area contributed by atoms with E-state index in [2.05, 4.69) is 34.0 Å². The van der Waals surface area contributed by atoms with Crippen LogP contribution < -0.4 is 10.6 Å². The molecule has 0 fully saturated rings. The Morgan fingerprint density at radius 3 is 2.70 bits per heavy atom. The van der Waals surface area contributed by atoms with E-state index in [1.54, 1.807) is 24.3 Å². The van der Waals surface area contributed by atoms with E-state index in [-0.39, 0.29) is 12.1 Å². The molecule has 5 nitrogen and oxygen atoms in total. The largest absolute Gasteiger partial charge is 0.336 e. The third-order valence-electron chi connectivity index (χ3n) is 3.53. The predicted molar refractivity (Wildman–Crippen MR) is 95.6 cm³/mol. The number of nitrogens with zero attached hydrogens (tertiary/aromatic N) is 2. The summed E-state index contributed by atoms with van der Waals surface area (Å²) in [7, 11) is 0. The summed E-state index contributed by atoms with van der Waals surface area (Å²) in [4.78, 5) is 15.9. The van der Waals surface area contributed by atoms with Crippen molar-refractivity contribution in [1.29, 1.82) is 0 Å². The van der Waals surface area contributed by atoms with Gasteiger partial charge in [-0.25, -0.2) is 9.78 Å². The molecule has 0 radical (unpaired) electrons. The van der Waals surface area contributed by atoms with E-state index in [0.717, 1.165) is 24.3 Å². The summed E-state index contributed by atoms with van der Waals surface area (Å²) in [6.45, 7) is 3.37. The number of rotatable bonds is 8. The predicted octanol–water partition coefficient (Wildman–Crippen LogP) is 2.87. The van der Waals surface area contributed by atoms with Crippen LogP contribution in [0.1, 0.15) is 24.5 Å². The molecular formula is C17H24N4OS. The molecule has 1 atom stereocenters. The molecule has 0 saturated heterocycles. The molecule has 1 aromatic carbocycles. The Kier molecular flexibility index (Phi) is 7.00. The first-order chi connectivity index (χ1) is 11.2. The van der Waals surface area contributed by atoms with E-state index in [4.69, 9.17) is 0 Å². The van der Waals surface area contributed by atoms with Crippen LogP contribution in [0, 0.1) is 0 Å². The molecule has 2 aromatic rings. The maximum atomic E-state index is 11.8. The fourth-order valence-corrected chi connectivity index (χ4v) is 2.77. The number of hydrogen-bond acceptors (Lipinski definition) is 3. The van der Waals surface area contributed by atoms with Crippen molar-refractivity contribution in [2.75, 3.05) is 12.0 Å². The number of hydrogen-bond donors (Lipinski definition) is 2. The summed E-state index contributed by atoms with van der Waals surface area (Å²) in [5.74, 6) is 1.06. The van der Waals surface area contributed by atoms with Crippen LogP contribution in [0.15, 0.2) is 43.0 Å². The molecule has 2 rings (SSSR count). The third kappa shape index (κ3) is 6.36. The second-order valence-corrected chi connectivity index (χ2v) is 6.55. The van der Waals surface area contributed by atoms with Gasteiger partial charge in [0.25, 0.3) is 0 Å². The molecule has 0 saturated carbocycles. The number of imidazole rings is 1. The molecule has 124 valence electrons. The molecule has 0 spiro atoms. The van der Waals surface area contributed by atoms with Gasteiger partial charge in [0, 0.05) is 31.5 Å². The minimum atomic E-state index is -0.110. The van der Waals surface area contributed by atoms with E-state index >= 15 is 0 Å². The maximum Gasteiger partial charge on any atom is 0.315 e. The Morgan fingerprint density at radius 2 is 2.04 bits per heavy atom.